The minimum absolute atomic E-state index is 0.00446. The summed E-state index contributed by atoms with van der Waals surface area (Å²) in [6.45, 7) is 10.4. The van der Waals surface area contributed by atoms with Gasteiger partial charge in [0.15, 0.2) is 9.84 Å². The topological polar surface area (TPSA) is 97.7 Å². The second-order valence-corrected chi connectivity index (χ2v) is 12.5. The molecular formula is C21H27BrFN3O4S. The molecule has 7 nitrogen and oxygen atoms in total. The Labute approximate surface area is 190 Å². The lowest BCUT2D eigenvalue weighted by Gasteiger charge is -2.51. The van der Waals surface area contributed by atoms with E-state index in [9.17, 15) is 17.6 Å². The van der Waals surface area contributed by atoms with Gasteiger partial charge in [-0.2, -0.15) is 4.39 Å². The number of pyridine rings is 1. The number of halogens is 2. The van der Waals surface area contributed by atoms with Gasteiger partial charge >= 0.3 is 6.09 Å². The minimum atomic E-state index is -3.90. The molecular weight excluding hydrogens is 489 g/mol. The van der Waals surface area contributed by atoms with Crippen molar-refractivity contribution in [3.8, 4) is 0 Å². The van der Waals surface area contributed by atoms with Crippen molar-refractivity contribution in [3.05, 3.63) is 40.9 Å². The lowest BCUT2D eigenvalue weighted by Crippen LogP contribution is -2.67. The summed E-state index contributed by atoms with van der Waals surface area (Å²) >= 11 is 3.27. The van der Waals surface area contributed by atoms with Gasteiger partial charge in [0.05, 0.1) is 5.25 Å². The van der Waals surface area contributed by atoms with Gasteiger partial charge in [-0.3, -0.25) is 10.3 Å². The quantitative estimate of drug-likeness (QED) is 0.474. The number of rotatable bonds is 3. The van der Waals surface area contributed by atoms with Crippen LogP contribution in [-0.2, 0) is 20.1 Å². The van der Waals surface area contributed by atoms with Gasteiger partial charge < -0.3 is 4.74 Å². The van der Waals surface area contributed by atoms with E-state index >= 15 is 0 Å². The normalized spacial score (nSPS) is 26.5. The van der Waals surface area contributed by atoms with Crippen LogP contribution >= 0.6 is 15.9 Å². The zero-order valence-electron chi connectivity index (χ0n) is 18.0. The molecule has 170 valence electrons. The molecule has 31 heavy (non-hydrogen) atoms. The maximum atomic E-state index is 14.8. The molecule has 1 aliphatic carbocycles. The molecule has 2 heterocycles. The summed E-state index contributed by atoms with van der Waals surface area (Å²) in [7, 11) is -3.90. The van der Waals surface area contributed by atoms with Gasteiger partial charge in [0.25, 0.3) is 0 Å². The van der Waals surface area contributed by atoms with Crippen molar-refractivity contribution in [2.24, 2.45) is 4.99 Å². The van der Waals surface area contributed by atoms with Crippen LogP contribution in [0.25, 0.3) is 0 Å². The number of aliphatic imine (C=N–C) groups is 1. The molecule has 1 spiro atoms. The Bertz CT molecular complexity index is 1050. The Hall–Kier alpha value is -1.81. The number of nitrogens with one attached hydrogen (secondary N) is 1. The maximum absolute atomic E-state index is 14.8. The molecule has 1 saturated carbocycles. The van der Waals surface area contributed by atoms with Crippen LogP contribution in [-0.4, -0.2) is 40.9 Å². The van der Waals surface area contributed by atoms with Crippen molar-refractivity contribution >= 4 is 37.7 Å². The Morgan fingerprint density at radius 3 is 2.61 bits per heavy atom. The molecule has 1 aliphatic heterocycles. The van der Waals surface area contributed by atoms with Crippen molar-refractivity contribution in [2.45, 2.75) is 74.5 Å². The first-order valence-corrected chi connectivity index (χ1v) is 12.4. The average molecular weight is 516 g/mol. The molecule has 0 aromatic carbocycles. The first-order chi connectivity index (χ1) is 14.3. The Balaban J connectivity index is 2.22. The minimum Gasteiger partial charge on any atom is -0.444 e. The van der Waals surface area contributed by atoms with Crippen molar-refractivity contribution in [3.63, 3.8) is 0 Å². The molecule has 1 amide bonds. The predicted octanol–water partition coefficient (Wildman–Crippen LogP) is 4.42. The third-order valence-corrected chi connectivity index (χ3v) is 9.36. The molecule has 3 rings (SSSR count). The van der Waals surface area contributed by atoms with E-state index in [2.05, 4.69) is 32.8 Å². The molecule has 1 aromatic rings. The fourth-order valence-electron chi connectivity index (χ4n) is 4.20. The summed E-state index contributed by atoms with van der Waals surface area (Å²) in [5.74, 6) is -0.824. The van der Waals surface area contributed by atoms with Gasteiger partial charge in [-0.25, -0.2) is 18.2 Å². The molecule has 0 saturated heterocycles. The van der Waals surface area contributed by atoms with Crippen molar-refractivity contribution in [1.29, 1.82) is 0 Å². The van der Waals surface area contributed by atoms with E-state index in [1.165, 1.54) is 18.3 Å². The first-order valence-electron chi connectivity index (χ1n) is 10.0. The van der Waals surface area contributed by atoms with Gasteiger partial charge in [0, 0.05) is 16.2 Å². The van der Waals surface area contributed by atoms with Gasteiger partial charge in [-0.15, -0.1) is 6.58 Å². The van der Waals surface area contributed by atoms with Gasteiger partial charge in [0.2, 0.25) is 5.95 Å². The zero-order valence-corrected chi connectivity index (χ0v) is 20.4. The average Bonchev–Trinajstić information content (AvgIpc) is 2.57. The summed E-state index contributed by atoms with van der Waals surface area (Å²) in [4.78, 5) is 21.0. The fraction of sp³-hybridized carbons (Fsp3) is 0.571. The maximum Gasteiger partial charge on any atom is 0.413 e. The molecule has 2 atom stereocenters. The number of sulfone groups is 1. The summed E-state index contributed by atoms with van der Waals surface area (Å²) in [6.07, 6.45) is 3.40. The summed E-state index contributed by atoms with van der Waals surface area (Å²) in [5, 5.41) is 1.51. The van der Waals surface area contributed by atoms with E-state index in [0.717, 1.165) is 0 Å². The second kappa shape index (κ2) is 7.95. The van der Waals surface area contributed by atoms with E-state index in [1.54, 1.807) is 27.7 Å². The molecule has 1 aromatic heterocycles. The monoisotopic (exact) mass is 515 g/mol. The Morgan fingerprint density at radius 1 is 1.45 bits per heavy atom. The lowest BCUT2D eigenvalue weighted by atomic mass is 9.80. The highest BCUT2D eigenvalue weighted by Gasteiger charge is 2.64. The highest BCUT2D eigenvalue weighted by atomic mass is 79.9. The van der Waals surface area contributed by atoms with Crippen LogP contribution in [0.15, 0.2) is 34.4 Å². The third kappa shape index (κ3) is 4.04. The number of hydrogen-bond donors (Lipinski definition) is 1. The van der Waals surface area contributed by atoms with E-state index in [1.807, 2.05) is 0 Å². The van der Waals surface area contributed by atoms with Crippen molar-refractivity contribution in [1.82, 2.24) is 10.3 Å². The number of amides is 1. The number of nitrogens with zero attached hydrogens (tertiary/aromatic N) is 2. The molecule has 1 N–H and O–H groups in total. The van der Waals surface area contributed by atoms with Crippen LogP contribution in [0, 0.1) is 5.95 Å². The van der Waals surface area contributed by atoms with Crippen LogP contribution in [0.1, 0.15) is 58.9 Å². The summed E-state index contributed by atoms with van der Waals surface area (Å²) in [6, 6.07) is 1.47. The number of carbonyl (C=O) groups is 1. The second-order valence-electron chi connectivity index (χ2n) is 9.13. The number of amidine groups is 1. The largest absolute Gasteiger partial charge is 0.444 e. The van der Waals surface area contributed by atoms with E-state index in [0.29, 0.717) is 23.7 Å². The van der Waals surface area contributed by atoms with Crippen LogP contribution in [0.4, 0.5) is 9.18 Å². The first kappa shape index (κ1) is 23.8. The molecule has 1 fully saturated rings. The number of carbonyl (C=O) groups excluding carboxylic acids is 1. The Morgan fingerprint density at radius 2 is 2.10 bits per heavy atom. The molecule has 10 heteroatoms. The third-order valence-electron chi connectivity index (χ3n) is 5.83. The van der Waals surface area contributed by atoms with Crippen LogP contribution < -0.4 is 5.32 Å². The van der Waals surface area contributed by atoms with Crippen LogP contribution in [0.5, 0.6) is 0 Å². The van der Waals surface area contributed by atoms with Crippen molar-refractivity contribution < 1.29 is 22.3 Å². The van der Waals surface area contributed by atoms with E-state index in [4.69, 9.17) is 9.73 Å². The fourth-order valence-corrected chi connectivity index (χ4v) is 7.47. The number of ether oxygens (including phenoxy) is 1. The summed E-state index contributed by atoms with van der Waals surface area (Å²) in [5.41, 5.74) is -2.28. The SMILES string of the molecule is C=CC[C@@H]1[C@@](C)(c2cc(Br)cnc2F)N=C(NC(=O)OC(C)(C)C)C2(CCC2)S1(=O)=O. The predicted molar refractivity (Wildman–Crippen MR) is 120 cm³/mol. The molecule has 2 aliphatic rings. The zero-order chi connectivity index (χ0) is 23.2. The van der Waals surface area contributed by atoms with Gasteiger partial charge in [0.1, 0.15) is 21.7 Å². The molecule has 0 unspecified atom stereocenters. The highest BCUT2D eigenvalue weighted by Crippen LogP contribution is 2.52. The van der Waals surface area contributed by atoms with E-state index < -0.39 is 43.0 Å². The molecule has 0 bridgehead atoms. The van der Waals surface area contributed by atoms with Crippen LogP contribution in [0.3, 0.4) is 0 Å². The number of aromatic nitrogens is 1. The van der Waals surface area contributed by atoms with Crippen molar-refractivity contribution in [2.75, 3.05) is 0 Å². The molecule has 0 radical (unpaired) electrons. The standard InChI is InChI=1S/C21H27BrFN3O4S/c1-6-8-15-20(5,14-11-13(22)12-24-16(14)23)26-17(25-18(27)30-19(2,3)4)21(9-7-10-21)31(15,28)29/h6,11-12,15H,1,7-10H2,2-5H3,(H,25,26,27)/t15-,20-/m1/s1. The van der Waals surface area contributed by atoms with Gasteiger partial charge in [-0.1, -0.05) is 6.08 Å². The van der Waals surface area contributed by atoms with Crippen LogP contribution in [0.2, 0.25) is 0 Å². The smallest absolute Gasteiger partial charge is 0.413 e. The van der Waals surface area contributed by atoms with E-state index in [-0.39, 0.29) is 17.8 Å². The Kier molecular flexibility index (Phi) is 6.12. The number of allylic oxidation sites excluding steroid dienone is 1. The van der Waals surface area contributed by atoms with Gasteiger partial charge in [-0.05, 0) is 75.4 Å². The lowest BCUT2D eigenvalue weighted by molar-refractivity contribution is 0.0559. The number of hydrogen-bond acceptors (Lipinski definition) is 6. The highest BCUT2D eigenvalue weighted by molar-refractivity contribution is 9.10. The number of alkyl carbamates (subject to hydrolysis) is 1. The summed E-state index contributed by atoms with van der Waals surface area (Å²) < 4.78 is 47.1.